The van der Waals surface area contributed by atoms with Crippen LogP contribution in [0, 0.1) is 12.3 Å². The monoisotopic (exact) mass is 360 g/mol. The van der Waals surface area contributed by atoms with E-state index < -0.39 is 0 Å². The van der Waals surface area contributed by atoms with Crippen molar-refractivity contribution in [2.45, 2.75) is 65.7 Å². The van der Waals surface area contributed by atoms with Crippen LogP contribution in [0.4, 0.5) is 0 Å². The predicted molar refractivity (Wildman–Crippen MR) is 101 cm³/mol. The second-order valence-electron chi connectivity index (χ2n) is 8.03. The average Bonchev–Trinajstić information content (AvgIpc) is 3.02. The van der Waals surface area contributed by atoms with Crippen LogP contribution >= 0.6 is 0 Å². The number of carbonyl (C=O) groups is 2. The molecule has 0 bridgehead atoms. The topological polar surface area (TPSA) is 69.3 Å². The van der Waals surface area contributed by atoms with E-state index in [0.717, 1.165) is 76.0 Å². The third-order valence-electron chi connectivity index (χ3n) is 6.15. The Labute approximate surface area is 156 Å². The number of rotatable bonds is 5. The van der Waals surface area contributed by atoms with Gasteiger partial charge >= 0.3 is 0 Å². The molecule has 0 aliphatic carbocycles. The largest absolute Gasteiger partial charge is 0.342 e. The van der Waals surface area contributed by atoms with Crippen LogP contribution in [0.1, 0.15) is 74.1 Å². The summed E-state index contributed by atoms with van der Waals surface area (Å²) in [6, 6.07) is 0. The van der Waals surface area contributed by atoms with Crippen molar-refractivity contribution in [1.29, 1.82) is 0 Å². The summed E-state index contributed by atoms with van der Waals surface area (Å²) < 4.78 is 0. The summed E-state index contributed by atoms with van der Waals surface area (Å²) in [4.78, 5) is 29.3. The molecule has 2 aliphatic heterocycles. The quantitative estimate of drug-likeness (QED) is 0.878. The summed E-state index contributed by atoms with van der Waals surface area (Å²) in [5, 5.41) is 7.28. The Morgan fingerprint density at radius 2 is 2.08 bits per heavy atom. The molecule has 1 spiro atoms. The van der Waals surface area contributed by atoms with E-state index in [1.54, 1.807) is 0 Å². The van der Waals surface area contributed by atoms with E-state index >= 15 is 0 Å². The van der Waals surface area contributed by atoms with Gasteiger partial charge in [0, 0.05) is 49.3 Å². The van der Waals surface area contributed by atoms with Crippen molar-refractivity contribution in [1.82, 2.24) is 20.0 Å². The summed E-state index contributed by atoms with van der Waals surface area (Å²) in [6.45, 7) is 9.38. The molecule has 26 heavy (non-hydrogen) atoms. The van der Waals surface area contributed by atoms with Crippen molar-refractivity contribution in [2.75, 3.05) is 26.2 Å². The SMILES string of the molecule is CCCCN1C[C@@]2(CCCN(C(=O)c3n[nH]c(CC)c3C)C2)CCC1=O. The van der Waals surface area contributed by atoms with Gasteiger partial charge in [-0.2, -0.15) is 5.10 Å². The fourth-order valence-corrected chi connectivity index (χ4v) is 4.51. The van der Waals surface area contributed by atoms with Gasteiger partial charge in [0.2, 0.25) is 5.91 Å². The number of nitrogens with one attached hydrogen (secondary N) is 1. The zero-order valence-corrected chi connectivity index (χ0v) is 16.4. The Balaban J connectivity index is 1.73. The van der Waals surface area contributed by atoms with Gasteiger partial charge in [-0.1, -0.05) is 20.3 Å². The Bertz CT molecular complexity index is 669. The number of H-pyrrole nitrogens is 1. The van der Waals surface area contributed by atoms with Gasteiger partial charge in [-0.25, -0.2) is 0 Å². The van der Waals surface area contributed by atoms with Crippen LogP contribution in [0.3, 0.4) is 0 Å². The van der Waals surface area contributed by atoms with Gasteiger partial charge in [0.1, 0.15) is 0 Å². The third kappa shape index (κ3) is 3.64. The fourth-order valence-electron chi connectivity index (χ4n) is 4.51. The van der Waals surface area contributed by atoms with E-state index in [-0.39, 0.29) is 17.2 Å². The normalized spacial score (nSPS) is 23.7. The van der Waals surface area contributed by atoms with Gasteiger partial charge < -0.3 is 9.80 Å². The Morgan fingerprint density at radius 3 is 2.77 bits per heavy atom. The van der Waals surface area contributed by atoms with Gasteiger partial charge in [-0.3, -0.25) is 14.7 Å². The number of unbranched alkanes of at least 4 members (excludes halogenated alkanes) is 1. The van der Waals surface area contributed by atoms with Crippen molar-refractivity contribution in [2.24, 2.45) is 5.41 Å². The lowest BCUT2D eigenvalue weighted by Gasteiger charge is -2.48. The van der Waals surface area contributed by atoms with Gasteiger partial charge in [0.25, 0.3) is 5.91 Å². The van der Waals surface area contributed by atoms with Crippen molar-refractivity contribution in [3.63, 3.8) is 0 Å². The Morgan fingerprint density at radius 1 is 1.27 bits per heavy atom. The van der Waals surface area contributed by atoms with E-state index in [9.17, 15) is 9.59 Å². The maximum atomic E-state index is 13.1. The summed E-state index contributed by atoms with van der Waals surface area (Å²) in [7, 11) is 0. The third-order valence-corrected chi connectivity index (χ3v) is 6.15. The van der Waals surface area contributed by atoms with E-state index in [2.05, 4.69) is 24.0 Å². The molecule has 6 heteroatoms. The highest BCUT2D eigenvalue weighted by molar-refractivity contribution is 5.94. The number of nitrogens with zero attached hydrogens (tertiary/aromatic N) is 3. The van der Waals surface area contributed by atoms with E-state index in [1.807, 2.05) is 16.7 Å². The minimum atomic E-state index is 0.0366. The van der Waals surface area contributed by atoms with Crippen LogP contribution in [0.15, 0.2) is 0 Å². The first-order valence-corrected chi connectivity index (χ1v) is 10.1. The number of hydrogen-bond acceptors (Lipinski definition) is 3. The minimum Gasteiger partial charge on any atom is -0.342 e. The molecule has 2 fully saturated rings. The number of piperidine rings is 2. The summed E-state index contributed by atoms with van der Waals surface area (Å²) in [6.07, 6.45) is 6.63. The number of aromatic amines is 1. The Hall–Kier alpha value is -1.85. The molecule has 0 unspecified atom stereocenters. The molecule has 1 aromatic rings. The molecule has 0 saturated carbocycles. The number of aryl methyl sites for hydroxylation is 1. The lowest BCUT2D eigenvalue weighted by atomic mass is 9.73. The lowest BCUT2D eigenvalue weighted by Crippen LogP contribution is -2.55. The molecule has 144 valence electrons. The number of amides is 2. The van der Waals surface area contributed by atoms with E-state index in [1.165, 1.54) is 0 Å². The fraction of sp³-hybridized carbons (Fsp3) is 0.750. The zero-order valence-electron chi connectivity index (χ0n) is 16.4. The maximum absolute atomic E-state index is 13.1. The molecule has 3 heterocycles. The van der Waals surface area contributed by atoms with Gasteiger partial charge in [-0.15, -0.1) is 0 Å². The molecular formula is C20H32N4O2. The van der Waals surface area contributed by atoms with Crippen molar-refractivity contribution in [3.8, 4) is 0 Å². The van der Waals surface area contributed by atoms with Crippen LogP contribution in [0.5, 0.6) is 0 Å². The van der Waals surface area contributed by atoms with Gasteiger partial charge in [-0.05, 0) is 39.0 Å². The molecule has 2 aliphatic rings. The van der Waals surface area contributed by atoms with Crippen molar-refractivity contribution < 1.29 is 9.59 Å². The zero-order chi connectivity index (χ0) is 18.7. The first-order valence-electron chi connectivity index (χ1n) is 10.1. The van der Waals surface area contributed by atoms with Crippen LogP contribution in [0.25, 0.3) is 0 Å². The van der Waals surface area contributed by atoms with E-state index in [4.69, 9.17) is 0 Å². The highest BCUT2D eigenvalue weighted by Crippen LogP contribution is 2.39. The molecule has 0 aromatic carbocycles. The molecule has 1 aromatic heterocycles. The first-order chi connectivity index (χ1) is 12.5. The summed E-state index contributed by atoms with van der Waals surface area (Å²) in [5.41, 5.74) is 2.64. The van der Waals surface area contributed by atoms with Crippen molar-refractivity contribution in [3.05, 3.63) is 17.0 Å². The number of aromatic nitrogens is 2. The molecule has 0 radical (unpaired) electrons. The van der Waals surface area contributed by atoms with Crippen LogP contribution in [-0.4, -0.2) is 58.0 Å². The highest BCUT2D eigenvalue weighted by atomic mass is 16.2. The van der Waals surface area contributed by atoms with Crippen LogP contribution in [-0.2, 0) is 11.2 Å². The average molecular weight is 361 g/mol. The van der Waals surface area contributed by atoms with E-state index in [0.29, 0.717) is 12.1 Å². The summed E-state index contributed by atoms with van der Waals surface area (Å²) >= 11 is 0. The lowest BCUT2D eigenvalue weighted by molar-refractivity contribution is -0.139. The van der Waals surface area contributed by atoms with Crippen LogP contribution < -0.4 is 0 Å². The molecule has 3 rings (SSSR count). The van der Waals surface area contributed by atoms with Gasteiger partial charge in [0.05, 0.1) is 0 Å². The maximum Gasteiger partial charge on any atom is 0.274 e. The second-order valence-corrected chi connectivity index (χ2v) is 8.03. The molecule has 1 N–H and O–H groups in total. The predicted octanol–water partition coefficient (Wildman–Crippen LogP) is 2.93. The van der Waals surface area contributed by atoms with Gasteiger partial charge in [0.15, 0.2) is 5.69 Å². The molecule has 2 amide bonds. The first kappa shape index (κ1) is 18.9. The molecule has 2 saturated heterocycles. The number of hydrogen-bond donors (Lipinski definition) is 1. The number of likely N-dealkylation sites (tertiary alicyclic amines) is 2. The molecule has 1 atom stereocenters. The second kappa shape index (κ2) is 7.80. The Kier molecular flexibility index (Phi) is 5.68. The standard InChI is InChI=1S/C20H32N4O2/c1-4-6-11-23-13-20(10-8-17(23)25)9-7-12-24(14-20)19(26)18-15(3)16(5-2)21-22-18/h4-14H2,1-3H3,(H,21,22)/t20-/m1/s1. The molecular weight excluding hydrogens is 328 g/mol. The molecule has 6 nitrogen and oxygen atoms in total. The van der Waals surface area contributed by atoms with Crippen LogP contribution in [0.2, 0.25) is 0 Å². The minimum absolute atomic E-state index is 0.0366. The smallest absolute Gasteiger partial charge is 0.274 e. The highest BCUT2D eigenvalue weighted by Gasteiger charge is 2.43. The number of carbonyl (C=O) groups excluding carboxylic acids is 2. The summed E-state index contributed by atoms with van der Waals surface area (Å²) in [5.74, 6) is 0.317. The van der Waals surface area contributed by atoms with Crippen molar-refractivity contribution >= 4 is 11.8 Å².